The molecule has 1 unspecified atom stereocenters. The number of benzene rings is 1. The van der Waals surface area contributed by atoms with Crippen molar-refractivity contribution in [3.63, 3.8) is 0 Å². The molecule has 3 nitrogen and oxygen atoms in total. The summed E-state index contributed by atoms with van der Waals surface area (Å²) in [7, 11) is 0. The van der Waals surface area contributed by atoms with Crippen molar-refractivity contribution in [1.29, 1.82) is 0 Å². The molecular weight excluding hydrogens is 178 g/mol. The molecule has 1 atom stereocenters. The van der Waals surface area contributed by atoms with Crippen LogP contribution in [0, 0.1) is 6.92 Å². The van der Waals surface area contributed by atoms with E-state index < -0.39 is 0 Å². The number of hydrogen-bond donors (Lipinski definition) is 1. The van der Waals surface area contributed by atoms with Crippen molar-refractivity contribution in [2.24, 2.45) is 0 Å². The number of aliphatic hydroxyl groups is 1. The van der Waals surface area contributed by atoms with Crippen LogP contribution in [0.5, 0.6) is 0 Å². The lowest BCUT2D eigenvalue weighted by Gasteiger charge is -2.06. The Hall–Kier alpha value is -1.35. The highest BCUT2D eigenvalue weighted by Gasteiger charge is 2.07. The van der Waals surface area contributed by atoms with Gasteiger partial charge in [0, 0.05) is 19.4 Å². The average molecular weight is 191 g/mol. The molecule has 0 aliphatic heterocycles. The second-order valence-corrected chi connectivity index (χ2v) is 3.54. The van der Waals surface area contributed by atoms with Gasteiger partial charge in [0.05, 0.1) is 0 Å². The normalized spacial score (nSPS) is 13.4. The third-order valence-electron chi connectivity index (χ3n) is 2.36. The Morgan fingerprint density at radius 3 is 3.00 bits per heavy atom. The fraction of sp³-hybridized carbons (Fsp3) is 0.364. The van der Waals surface area contributed by atoms with Crippen LogP contribution in [0.25, 0.3) is 11.1 Å². The number of aryl methyl sites for hydroxylation is 1. The number of oxazole rings is 1. The molecule has 2 aromatic rings. The van der Waals surface area contributed by atoms with E-state index in [0.717, 1.165) is 16.7 Å². The van der Waals surface area contributed by atoms with Gasteiger partial charge in [-0.25, -0.2) is 4.98 Å². The molecule has 0 amide bonds. The summed E-state index contributed by atoms with van der Waals surface area (Å²) in [5.41, 5.74) is 2.74. The van der Waals surface area contributed by atoms with Gasteiger partial charge in [0.2, 0.25) is 0 Å². The summed E-state index contributed by atoms with van der Waals surface area (Å²) >= 11 is 0. The monoisotopic (exact) mass is 191 g/mol. The second kappa shape index (κ2) is 3.42. The molecule has 0 aliphatic rings. The summed E-state index contributed by atoms with van der Waals surface area (Å²) in [6, 6.07) is 5.84. The maximum absolute atomic E-state index is 9.02. The van der Waals surface area contributed by atoms with E-state index in [4.69, 9.17) is 9.52 Å². The first-order valence-corrected chi connectivity index (χ1v) is 4.68. The van der Waals surface area contributed by atoms with Gasteiger partial charge >= 0.3 is 0 Å². The molecule has 0 saturated heterocycles. The Bertz CT molecular complexity index is 447. The Labute approximate surface area is 82.4 Å². The van der Waals surface area contributed by atoms with Crippen LogP contribution in [0.4, 0.5) is 0 Å². The fourth-order valence-corrected chi connectivity index (χ4v) is 1.47. The number of nitrogens with zero attached hydrogens (tertiary/aromatic N) is 1. The van der Waals surface area contributed by atoms with Crippen LogP contribution in [-0.2, 0) is 0 Å². The smallest absolute Gasteiger partial charge is 0.192 e. The molecule has 0 saturated carbocycles. The molecule has 0 spiro atoms. The molecule has 0 aliphatic carbocycles. The first kappa shape index (κ1) is 9.21. The standard InChI is InChI=1S/C11H13NO2/c1-7(6-13)9-3-4-10-11(5-9)14-8(2)12-10/h3-5,7,13H,6H2,1-2H3. The minimum absolute atomic E-state index is 0.143. The van der Waals surface area contributed by atoms with Crippen molar-refractivity contribution in [1.82, 2.24) is 4.98 Å². The summed E-state index contributed by atoms with van der Waals surface area (Å²) in [6.45, 7) is 3.96. The average Bonchev–Trinajstić information content (AvgIpc) is 2.55. The molecule has 0 radical (unpaired) electrons. The van der Waals surface area contributed by atoms with Crippen molar-refractivity contribution in [3.8, 4) is 0 Å². The predicted octanol–water partition coefficient (Wildman–Crippen LogP) is 2.23. The maximum Gasteiger partial charge on any atom is 0.192 e. The van der Waals surface area contributed by atoms with Crippen LogP contribution in [0.3, 0.4) is 0 Å². The van der Waals surface area contributed by atoms with Crippen LogP contribution in [0.1, 0.15) is 24.3 Å². The fourth-order valence-electron chi connectivity index (χ4n) is 1.47. The van der Waals surface area contributed by atoms with Gasteiger partial charge in [-0.1, -0.05) is 13.0 Å². The van der Waals surface area contributed by atoms with E-state index in [1.54, 1.807) is 0 Å². The number of aliphatic hydroxyl groups excluding tert-OH is 1. The zero-order valence-corrected chi connectivity index (χ0v) is 8.32. The minimum Gasteiger partial charge on any atom is -0.441 e. The van der Waals surface area contributed by atoms with Crippen LogP contribution < -0.4 is 0 Å². The van der Waals surface area contributed by atoms with Gasteiger partial charge in [0.1, 0.15) is 5.52 Å². The van der Waals surface area contributed by atoms with Gasteiger partial charge in [-0.3, -0.25) is 0 Å². The maximum atomic E-state index is 9.02. The van der Waals surface area contributed by atoms with E-state index >= 15 is 0 Å². The largest absolute Gasteiger partial charge is 0.441 e. The third-order valence-corrected chi connectivity index (χ3v) is 2.36. The molecule has 1 N–H and O–H groups in total. The Morgan fingerprint density at radius 2 is 2.29 bits per heavy atom. The van der Waals surface area contributed by atoms with Gasteiger partial charge < -0.3 is 9.52 Å². The SMILES string of the molecule is Cc1nc2ccc(C(C)CO)cc2o1. The quantitative estimate of drug-likeness (QED) is 0.791. The van der Waals surface area contributed by atoms with Crippen molar-refractivity contribution >= 4 is 11.1 Å². The summed E-state index contributed by atoms with van der Waals surface area (Å²) in [5, 5.41) is 9.02. The predicted molar refractivity (Wildman–Crippen MR) is 54.2 cm³/mol. The summed E-state index contributed by atoms with van der Waals surface area (Å²) < 4.78 is 5.41. The Morgan fingerprint density at radius 1 is 1.50 bits per heavy atom. The lowest BCUT2D eigenvalue weighted by molar-refractivity contribution is 0.273. The Kier molecular flexibility index (Phi) is 2.25. The zero-order valence-electron chi connectivity index (χ0n) is 8.32. The van der Waals surface area contributed by atoms with E-state index in [9.17, 15) is 0 Å². The molecule has 14 heavy (non-hydrogen) atoms. The molecule has 74 valence electrons. The van der Waals surface area contributed by atoms with E-state index in [2.05, 4.69) is 4.98 Å². The Balaban J connectivity index is 2.50. The minimum atomic E-state index is 0.143. The lowest BCUT2D eigenvalue weighted by atomic mass is 10.0. The van der Waals surface area contributed by atoms with E-state index in [1.165, 1.54) is 0 Å². The van der Waals surface area contributed by atoms with Crippen molar-refractivity contribution in [2.75, 3.05) is 6.61 Å². The zero-order chi connectivity index (χ0) is 10.1. The molecular formula is C11H13NO2. The molecule has 3 heteroatoms. The van der Waals surface area contributed by atoms with Crippen LogP contribution >= 0.6 is 0 Å². The number of fused-ring (bicyclic) bond motifs is 1. The summed E-state index contributed by atoms with van der Waals surface area (Å²) in [5.74, 6) is 0.818. The topological polar surface area (TPSA) is 46.3 Å². The molecule has 0 fully saturated rings. The van der Waals surface area contributed by atoms with Crippen LogP contribution in [0.15, 0.2) is 22.6 Å². The highest BCUT2D eigenvalue weighted by molar-refractivity contribution is 5.73. The first-order valence-electron chi connectivity index (χ1n) is 4.68. The highest BCUT2D eigenvalue weighted by Crippen LogP contribution is 2.21. The van der Waals surface area contributed by atoms with Crippen LogP contribution in [-0.4, -0.2) is 16.7 Å². The molecule has 1 aromatic carbocycles. The lowest BCUT2D eigenvalue weighted by Crippen LogP contribution is -1.97. The van der Waals surface area contributed by atoms with Gasteiger partial charge in [-0.2, -0.15) is 0 Å². The van der Waals surface area contributed by atoms with Gasteiger partial charge in [0.15, 0.2) is 11.5 Å². The van der Waals surface area contributed by atoms with Crippen molar-refractivity contribution in [2.45, 2.75) is 19.8 Å². The third kappa shape index (κ3) is 1.51. The van der Waals surface area contributed by atoms with Crippen molar-refractivity contribution in [3.05, 3.63) is 29.7 Å². The highest BCUT2D eigenvalue weighted by atomic mass is 16.3. The van der Waals surface area contributed by atoms with Gasteiger partial charge in [0.25, 0.3) is 0 Å². The second-order valence-electron chi connectivity index (χ2n) is 3.54. The van der Waals surface area contributed by atoms with Crippen LogP contribution in [0.2, 0.25) is 0 Å². The molecule has 1 aromatic heterocycles. The van der Waals surface area contributed by atoms with Gasteiger partial charge in [-0.05, 0) is 17.7 Å². The number of rotatable bonds is 2. The summed E-state index contributed by atoms with van der Waals surface area (Å²) in [4.78, 5) is 4.21. The molecule has 2 rings (SSSR count). The van der Waals surface area contributed by atoms with E-state index in [0.29, 0.717) is 5.89 Å². The summed E-state index contributed by atoms with van der Waals surface area (Å²) in [6.07, 6.45) is 0. The number of hydrogen-bond acceptors (Lipinski definition) is 3. The molecule has 0 bridgehead atoms. The molecule has 1 heterocycles. The number of aromatic nitrogens is 1. The van der Waals surface area contributed by atoms with E-state index in [1.807, 2.05) is 32.0 Å². The van der Waals surface area contributed by atoms with E-state index in [-0.39, 0.29) is 12.5 Å². The van der Waals surface area contributed by atoms with Gasteiger partial charge in [-0.15, -0.1) is 0 Å². The first-order chi connectivity index (χ1) is 6.70. The van der Waals surface area contributed by atoms with Crippen molar-refractivity contribution < 1.29 is 9.52 Å².